The van der Waals surface area contributed by atoms with Gasteiger partial charge in [-0.05, 0) is 36.4 Å². The number of anilines is 2. The molecule has 4 heterocycles. The molecule has 1 fully saturated rings. The molecule has 0 aliphatic carbocycles. The Labute approximate surface area is 197 Å². The monoisotopic (exact) mass is 453 g/mol. The lowest BCUT2D eigenvalue weighted by Crippen LogP contribution is -2.26. The largest absolute Gasteiger partial charge is 0.489 e. The topological polar surface area (TPSA) is 111 Å². The number of aromatic nitrogens is 5. The summed E-state index contributed by atoms with van der Waals surface area (Å²) in [5.74, 6) is 1.03. The van der Waals surface area contributed by atoms with Gasteiger partial charge in [0.1, 0.15) is 17.9 Å². The summed E-state index contributed by atoms with van der Waals surface area (Å²) in [5.41, 5.74) is 4.54. The molecule has 1 aliphatic rings. The average molecular weight is 454 g/mol. The number of hydrogen-bond donors (Lipinski definition) is 1. The second kappa shape index (κ2) is 9.68. The van der Waals surface area contributed by atoms with Gasteiger partial charge in [0, 0.05) is 43.4 Å². The summed E-state index contributed by atoms with van der Waals surface area (Å²) in [7, 11) is 1.87. The van der Waals surface area contributed by atoms with Crippen LogP contribution in [0.25, 0.3) is 22.5 Å². The SMILES string of the molecule is Cn1cc(-c2ccc(Nc3nccc(-c4ccc(OC5CCOCC5)c(C#N)c4)n3)cn2)cn1. The Morgan fingerprint density at radius 3 is 2.68 bits per heavy atom. The molecule has 3 aromatic heterocycles. The van der Waals surface area contributed by atoms with Gasteiger partial charge >= 0.3 is 0 Å². The third-order valence-electron chi connectivity index (χ3n) is 5.53. The van der Waals surface area contributed by atoms with Gasteiger partial charge in [-0.15, -0.1) is 0 Å². The van der Waals surface area contributed by atoms with Gasteiger partial charge in [0.25, 0.3) is 0 Å². The molecule has 1 aliphatic heterocycles. The highest BCUT2D eigenvalue weighted by Crippen LogP contribution is 2.28. The number of ether oxygens (including phenoxy) is 2. The van der Waals surface area contributed by atoms with E-state index in [1.165, 1.54) is 0 Å². The van der Waals surface area contributed by atoms with Crippen LogP contribution >= 0.6 is 0 Å². The highest BCUT2D eigenvalue weighted by atomic mass is 16.5. The Bertz CT molecular complexity index is 1320. The lowest BCUT2D eigenvalue weighted by molar-refractivity contribution is 0.0254. The molecule has 1 aromatic carbocycles. The van der Waals surface area contributed by atoms with Gasteiger partial charge in [0.15, 0.2) is 0 Å². The third-order valence-corrected chi connectivity index (χ3v) is 5.53. The fourth-order valence-corrected chi connectivity index (χ4v) is 3.75. The van der Waals surface area contributed by atoms with Gasteiger partial charge in [-0.1, -0.05) is 0 Å². The molecule has 0 spiro atoms. The van der Waals surface area contributed by atoms with E-state index in [0.29, 0.717) is 36.2 Å². The lowest BCUT2D eigenvalue weighted by atomic mass is 10.1. The third kappa shape index (κ3) is 4.87. The smallest absolute Gasteiger partial charge is 0.227 e. The zero-order chi connectivity index (χ0) is 23.3. The summed E-state index contributed by atoms with van der Waals surface area (Å²) in [6, 6.07) is 13.4. The van der Waals surface area contributed by atoms with E-state index in [1.54, 1.807) is 29.3 Å². The molecule has 0 saturated carbocycles. The molecule has 9 nitrogen and oxygen atoms in total. The molecule has 4 aromatic rings. The quantitative estimate of drug-likeness (QED) is 0.464. The van der Waals surface area contributed by atoms with Crippen molar-refractivity contribution in [1.82, 2.24) is 24.7 Å². The van der Waals surface area contributed by atoms with Crippen LogP contribution in [-0.4, -0.2) is 44.1 Å². The van der Waals surface area contributed by atoms with Crippen LogP contribution in [0.2, 0.25) is 0 Å². The molecule has 1 N–H and O–H groups in total. The Kier molecular flexibility index (Phi) is 6.14. The number of nitrogens with zero attached hydrogens (tertiary/aromatic N) is 6. The molecule has 0 unspecified atom stereocenters. The summed E-state index contributed by atoms with van der Waals surface area (Å²) in [4.78, 5) is 13.4. The van der Waals surface area contributed by atoms with Crippen LogP contribution in [0.1, 0.15) is 18.4 Å². The molecule has 1 saturated heterocycles. The fourth-order valence-electron chi connectivity index (χ4n) is 3.75. The normalized spacial score (nSPS) is 13.9. The Morgan fingerprint density at radius 2 is 1.94 bits per heavy atom. The first-order chi connectivity index (χ1) is 16.7. The van der Waals surface area contributed by atoms with Gasteiger partial charge in [-0.2, -0.15) is 10.4 Å². The Balaban J connectivity index is 1.32. The summed E-state index contributed by atoms with van der Waals surface area (Å²) in [5, 5.41) is 17.0. The lowest BCUT2D eigenvalue weighted by Gasteiger charge is -2.23. The van der Waals surface area contributed by atoms with Crippen LogP contribution in [0.4, 0.5) is 11.6 Å². The summed E-state index contributed by atoms with van der Waals surface area (Å²) >= 11 is 0. The second-order valence-corrected chi connectivity index (χ2v) is 7.98. The van der Waals surface area contributed by atoms with Gasteiger partial charge in [0.2, 0.25) is 5.95 Å². The van der Waals surface area contributed by atoms with E-state index >= 15 is 0 Å². The zero-order valence-electron chi connectivity index (χ0n) is 18.7. The summed E-state index contributed by atoms with van der Waals surface area (Å²) < 4.78 is 13.2. The maximum atomic E-state index is 9.66. The van der Waals surface area contributed by atoms with Crippen molar-refractivity contribution >= 4 is 11.6 Å². The van der Waals surface area contributed by atoms with Crippen LogP contribution in [0.3, 0.4) is 0 Å². The van der Waals surface area contributed by atoms with E-state index in [4.69, 9.17) is 9.47 Å². The van der Waals surface area contributed by atoms with E-state index < -0.39 is 0 Å². The molecule has 0 amide bonds. The number of benzene rings is 1. The molecule has 170 valence electrons. The fraction of sp³-hybridized carbons (Fsp3) is 0.240. The van der Waals surface area contributed by atoms with E-state index in [9.17, 15) is 5.26 Å². The minimum absolute atomic E-state index is 0.0692. The van der Waals surface area contributed by atoms with Crippen molar-refractivity contribution in [3.05, 3.63) is 66.7 Å². The maximum Gasteiger partial charge on any atom is 0.227 e. The van der Waals surface area contributed by atoms with Crippen LogP contribution in [0, 0.1) is 11.3 Å². The van der Waals surface area contributed by atoms with Crippen molar-refractivity contribution in [3.63, 3.8) is 0 Å². The van der Waals surface area contributed by atoms with E-state index in [2.05, 4.69) is 31.4 Å². The summed E-state index contributed by atoms with van der Waals surface area (Å²) in [6.45, 7) is 1.37. The predicted octanol–water partition coefficient (Wildman–Crippen LogP) is 4.11. The standard InChI is InChI=1S/C25H23N7O2/c1-32-16-19(14-29-32)22-4-3-20(15-28-22)30-25-27-9-6-23(31-25)17-2-5-24(18(12-17)13-26)34-21-7-10-33-11-8-21/h2-6,9,12,14-16,21H,7-8,10-11H2,1H3,(H,27,30,31). The molecule has 0 bridgehead atoms. The van der Waals surface area contributed by atoms with Crippen LogP contribution in [0.5, 0.6) is 5.75 Å². The number of pyridine rings is 1. The highest BCUT2D eigenvalue weighted by molar-refractivity contribution is 5.66. The van der Waals surface area contributed by atoms with Crippen LogP contribution < -0.4 is 10.1 Å². The van der Waals surface area contributed by atoms with Crippen LogP contribution in [0.15, 0.2) is 61.2 Å². The van der Waals surface area contributed by atoms with Crippen LogP contribution in [-0.2, 0) is 11.8 Å². The molecule has 34 heavy (non-hydrogen) atoms. The van der Waals surface area contributed by atoms with E-state index in [1.807, 2.05) is 43.6 Å². The molecular formula is C25H23N7O2. The van der Waals surface area contributed by atoms with Crippen molar-refractivity contribution in [2.75, 3.05) is 18.5 Å². The number of hydrogen-bond acceptors (Lipinski definition) is 8. The number of rotatable bonds is 6. The highest BCUT2D eigenvalue weighted by Gasteiger charge is 2.17. The van der Waals surface area contributed by atoms with Crippen molar-refractivity contribution in [2.45, 2.75) is 18.9 Å². The Hall–Kier alpha value is -4.29. The van der Waals surface area contributed by atoms with Gasteiger partial charge < -0.3 is 14.8 Å². The zero-order valence-corrected chi connectivity index (χ0v) is 18.7. The first-order valence-electron chi connectivity index (χ1n) is 11.0. The van der Waals surface area contributed by atoms with Gasteiger partial charge in [-0.3, -0.25) is 9.67 Å². The van der Waals surface area contributed by atoms with Gasteiger partial charge in [-0.25, -0.2) is 9.97 Å². The van der Waals surface area contributed by atoms with Crippen molar-refractivity contribution in [3.8, 4) is 34.3 Å². The van der Waals surface area contributed by atoms with E-state index in [0.717, 1.165) is 35.3 Å². The maximum absolute atomic E-state index is 9.66. The minimum Gasteiger partial charge on any atom is -0.489 e. The average Bonchev–Trinajstić information content (AvgIpc) is 3.32. The predicted molar refractivity (Wildman–Crippen MR) is 126 cm³/mol. The summed E-state index contributed by atoms with van der Waals surface area (Å²) in [6.07, 6.45) is 8.82. The molecule has 0 atom stereocenters. The first-order valence-corrected chi connectivity index (χ1v) is 11.0. The number of aryl methyl sites for hydroxylation is 1. The van der Waals surface area contributed by atoms with E-state index in [-0.39, 0.29) is 6.10 Å². The molecule has 0 radical (unpaired) electrons. The molecule has 9 heteroatoms. The minimum atomic E-state index is 0.0692. The first kappa shape index (κ1) is 21.6. The number of nitrogens with one attached hydrogen (secondary N) is 1. The van der Waals surface area contributed by atoms with Crippen molar-refractivity contribution in [1.29, 1.82) is 5.26 Å². The van der Waals surface area contributed by atoms with Gasteiger partial charge in [0.05, 0.1) is 48.2 Å². The Morgan fingerprint density at radius 1 is 1.06 bits per heavy atom. The van der Waals surface area contributed by atoms with Crippen molar-refractivity contribution in [2.24, 2.45) is 7.05 Å². The number of nitriles is 1. The molecule has 5 rings (SSSR count). The van der Waals surface area contributed by atoms with Crippen molar-refractivity contribution < 1.29 is 9.47 Å². The molecular weight excluding hydrogens is 430 g/mol. The second-order valence-electron chi connectivity index (χ2n) is 7.98.